The van der Waals surface area contributed by atoms with Crippen LogP contribution >= 0.6 is 15.9 Å². The first-order valence-electron chi connectivity index (χ1n) is 44.6. The van der Waals surface area contributed by atoms with Gasteiger partial charge >= 0.3 is 69.2 Å². The monoisotopic (exact) mass is 2010 g/mol. The number of ketones is 1. The zero-order chi connectivity index (χ0) is 101. The molecule has 6 aliphatic rings. The number of amides is 8. The Bertz CT molecular complexity index is 4010. The maximum atomic E-state index is 15.1. The number of nitrogens with two attached hydrogens (primary N) is 1. The number of carbonyl (C=O) groups excluding carboxylic acids is 9. The number of azide groups is 1. The second-order valence-corrected chi connectivity index (χ2v) is 45.0. The molecule has 8 amide bonds. The lowest BCUT2D eigenvalue weighted by Crippen LogP contribution is -3.00. The molecule has 764 valence electrons. The molecule has 132 heavy (non-hydrogen) atoms. The average molecular weight is 2020 g/mol. The van der Waals surface area contributed by atoms with E-state index in [2.05, 4.69) is 32.5 Å². The maximum absolute atomic E-state index is 15.1. The van der Waals surface area contributed by atoms with Gasteiger partial charge in [-0.3, -0.25) is 4.79 Å². The van der Waals surface area contributed by atoms with E-state index in [1.54, 1.807) is 120 Å². The van der Waals surface area contributed by atoms with Crippen LogP contribution in [0.5, 0.6) is 0 Å². The van der Waals surface area contributed by atoms with E-state index in [0.29, 0.717) is 128 Å². The van der Waals surface area contributed by atoms with E-state index in [1.807, 2.05) is 112 Å². The van der Waals surface area contributed by atoms with Crippen molar-refractivity contribution >= 4 is 96.6 Å². The van der Waals surface area contributed by atoms with Gasteiger partial charge in [-0.05, 0) is 262 Å². The summed E-state index contributed by atoms with van der Waals surface area (Å²) < 4.78 is 153. The lowest BCUT2D eigenvalue weighted by molar-refractivity contribution is -0.512. The number of rotatable bonds is 11. The van der Waals surface area contributed by atoms with Crippen LogP contribution in [-0.2, 0) is 63.1 Å². The van der Waals surface area contributed by atoms with Gasteiger partial charge < -0.3 is 90.3 Å². The van der Waals surface area contributed by atoms with Crippen LogP contribution in [0.2, 0.25) is 0 Å². The molecule has 36 nitrogen and oxygen atoms in total. The van der Waals surface area contributed by atoms with Gasteiger partial charge in [0.15, 0.2) is 12.4 Å². The van der Waals surface area contributed by atoms with Gasteiger partial charge in [0, 0.05) is 159 Å². The van der Waals surface area contributed by atoms with Gasteiger partial charge in [0.2, 0.25) is 0 Å². The number of carbonyl (C=O) groups is 9. The Morgan fingerprint density at radius 3 is 1.09 bits per heavy atom. The molecule has 0 aromatic carbocycles. The molecule has 6 saturated heterocycles. The third kappa shape index (κ3) is 56.5. The number of halogens is 6. The van der Waals surface area contributed by atoms with E-state index < -0.39 is 119 Å². The SMILES string of the molecule is C=C1CCCN(C(=O)OC(C)(C)C)CC1.CC(C)(C)OC(=O)N1CCCC(=O)CC1.CC(C)(C)OC(=O)N1CCCC(F)(CBr)CC1.CC(C)(C)OC(=O)N1CCCC(F)(CN)CC1.CC(C)(C)OC(=O)N1CCCC(F)(CN=[N+]=[N-])CC1.CC(C)(C)OC(=O)NS(=O)(=O)NCC1(F)CCCN(C(=O)OC(C)(C)C)CC1.CN(C)c1cc[n+](S(=O)(=O)NC(=O)OC(C)(C)C)cc1.[Cl-]. The predicted molar refractivity (Wildman–Crippen MR) is 497 cm³/mol. The zero-order valence-corrected chi connectivity index (χ0v) is 87.2. The molecule has 0 radical (unpaired) electrons. The van der Waals surface area contributed by atoms with E-state index in [-0.39, 0.29) is 88.0 Å². The quantitative estimate of drug-likeness (QED) is 0.0234. The van der Waals surface area contributed by atoms with Crippen LogP contribution in [0.15, 0.2) is 41.8 Å². The Morgan fingerprint density at radius 2 is 0.750 bits per heavy atom. The number of hydrogen-bond donors (Lipinski definition) is 4. The first kappa shape index (κ1) is 124. The molecule has 4 atom stereocenters. The smallest absolute Gasteiger partial charge is 0.474 e. The average Bonchev–Trinajstić information content (AvgIpc) is 1.03. The van der Waals surface area contributed by atoms with Gasteiger partial charge in [-0.15, -0.1) is 8.42 Å². The molecule has 0 bridgehead atoms. The molecule has 7 rings (SSSR count). The fraction of sp³-hybridized carbons (Fsp3) is 0.818. The van der Waals surface area contributed by atoms with Crippen LogP contribution in [0.1, 0.15) is 282 Å². The molecule has 1 aromatic rings. The molecule has 4 unspecified atom stereocenters. The molecule has 6 aliphatic heterocycles. The molecular formula is C88H157BrClF4N15O21S2. The summed E-state index contributed by atoms with van der Waals surface area (Å²) in [7, 11) is -4.60. The molecule has 5 N–H and O–H groups in total. The minimum absolute atomic E-state index is 0. The summed E-state index contributed by atoms with van der Waals surface area (Å²) >= 11 is 3.20. The van der Waals surface area contributed by atoms with E-state index in [4.69, 9.17) is 49.2 Å². The van der Waals surface area contributed by atoms with Crippen LogP contribution in [0.25, 0.3) is 10.4 Å². The first-order valence-corrected chi connectivity index (χ1v) is 48.6. The topological polar surface area (TPSA) is 433 Å². The number of hydrogen-bond acceptors (Lipinski definition) is 24. The summed E-state index contributed by atoms with van der Waals surface area (Å²) in [5, 5.41) is 3.64. The van der Waals surface area contributed by atoms with Crippen molar-refractivity contribution in [3.8, 4) is 0 Å². The van der Waals surface area contributed by atoms with E-state index in [1.165, 1.54) is 27.8 Å². The molecule has 0 aliphatic carbocycles. The standard InChI is InChI=1S/C17H32FN3O6S.C12H21BrFNO2.C12H21FN4O2.C12H23FN2O2.C12H19N3O4S.C12H21NO2.C11H19NO3.ClH/c1-15(2,3)26-13(22)20-28(24,25)19-12-17(18)8-7-10-21(11-9-17)14(23)27-16(4,5)6;1-11(2,3)17-10(16)15-7-4-5-12(14,9-13)6-8-15;1-11(2,3)19-10(18)17-7-4-5-12(13,6-8-17)9-15-16-14;1-11(2,3)17-10(16)15-7-4-5-12(13,9-14)6-8-15;1-12(2,3)19-11(16)13-20(17,18)15-8-6-10(7-9-15)14(4)5;1-10-6-5-8-13(9-7-10)11(14)15-12(2,3)4;1-11(2,3)15-10(14)12-7-4-5-9(13)6-8-12;/h19H,7-12H2,1-6H3,(H,20,22);4-9H2,1-3H3;4-9H2,1-3H3;4-9,14H2,1-3H3;6-9H,1-5H3;1,5-9H2,2-4H3;4-8H2,1-3H3;1H. The number of aromatic nitrogens is 1. The summed E-state index contributed by atoms with van der Waals surface area (Å²) in [6.07, 6.45) is 7.39. The number of nitrogens with one attached hydrogen (secondary N) is 3. The molecular weight excluding hydrogens is 1860 g/mol. The number of Topliss-reactive ketones (excluding diaryl/α,β-unsaturated/α-hetero) is 1. The Balaban J connectivity index is 0.00000153. The van der Waals surface area contributed by atoms with Gasteiger partial charge in [-0.1, -0.05) is 37.2 Å². The number of ether oxygens (including phenoxy) is 8. The summed E-state index contributed by atoms with van der Waals surface area (Å²) in [5.74, 6) is 0.237. The highest BCUT2D eigenvalue weighted by atomic mass is 79.9. The zero-order valence-electron chi connectivity index (χ0n) is 83.2. The van der Waals surface area contributed by atoms with Gasteiger partial charge in [0.05, 0.1) is 6.54 Å². The number of nitrogens with zero attached hydrogens (tertiary/aromatic N) is 11. The highest BCUT2D eigenvalue weighted by Gasteiger charge is 2.41. The minimum Gasteiger partial charge on any atom is -1.00 e. The number of likely N-dealkylation sites (tertiary alicyclic amines) is 6. The number of anilines is 1. The molecule has 6 fully saturated rings. The van der Waals surface area contributed by atoms with Crippen molar-refractivity contribution in [3.63, 3.8) is 0 Å². The molecule has 0 spiro atoms. The van der Waals surface area contributed by atoms with Crippen molar-refractivity contribution in [3.05, 3.63) is 47.1 Å². The van der Waals surface area contributed by atoms with Crippen LogP contribution in [-0.4, -0.2) is 286 Å². The van der Waals surface area contributed by atoms with Crippen LogP contribution in [0.4, 0.5) is 61.6 Å². The minimum atomic E-state index is -4.28. The summed E-state index contributed by atoms with van der Waals surface area (Å²) in [4.78, 5) is 119. The largest absolute Gasteiger partial charge is 1.00 e. The van der Waals surface area contributed by atoms with Crippen LogP contribution in [0.3, 0.4) is 0 Å². The Labute approximate surface area is 797 Å². The van der Waals surface area contributed by atoms with Crippen LogP contribution < -0.4 is 41.2 Å². The van der Waals surface area contributed by atoms with Gasteiger partial charge in [-0.2, -0.15) is 17.9 Å². The second kappa shape index (κ2) is 54.2. The van der Waals surface area contributed by atoms with E-state index in [0.717, 1.165) is 48.4 Å². The van der Waals surface area contributed by atoms with Crippen molar-refractivity contribution < 1.29 is 132 Å². The highest BCUT2D eigenvalue weighted by molar-refractivity contribution is 9.09. The normalized spacial score (nSPS) is 20.9. The predicted octanol–water partition coefficient (Wildman–Crippen LogP) is 14.1. The van der Waals surface area contributed by atoms with Gasteiger partial charge in [0.25, 0.3) is 0 Å². The lowest BCUT2D eigenvalue weighted by Gasteiger charge is -2.27. The fourth-order valence-electron chi connectivity index (χ4n) is 12.5. The number of alkyl halides is 5. The van der Waals surface area contributed by atoms with Crippen molar-refractivity contribution in [1.82, 2.24) is 43.6 Å². The lowest BCUT2D eigenvalue weighted by atomic mass is 9.97. The second-order valence-electron chi connectivity index (χ2n) is 41.4. The summed E-state index contributed by atoms with van der Waals surface area (Å²) in [5.41, 5.74) is 5.18. The third-order valence-corrected chi connectivity index (χ3v) is 22.3. The van der Waals surface area contributed by atoms with Crippen molar-refractivity contribution in [2.24, 2.45) is 10.8 Å². The Hall–Kier alpha value is -7.86. The van der Waals surface area contributed by atoms with Crippen molar-refractivity contribution in [2.45, 2.75) is 349 Å². The Kier molecular flexibility index (Phi) is 51.0. The summed E-state index contributed by atoms with van der Waals surface area (Å²) in [6, 6.07) is 3.24. The number of pyridine rings is 1. The van der Waals surface area contributed by atoms with E-state index >= 15 is 4.39 Å². The summed E-state index contributed by atoms with van der Waals surface area (Å²) in [6.45, 7) is 51.5. The molecule has 7 heterocycles. The highest BCUT2D eigenvalue weighted by Crippen LogP contribution is 2.33. The van der Waals surface area contributed by atoms with Crippen LogP contribution in [0, 0.1) is 0 Å². The molecule has 44 heteroatoms. The third-order valence-electron chi connectivity index (χ3n) is 19.1. The van der Waals surface area contributed by atoms with E-state index in [9.17, 15) is 73.2 Å². The van der Waals surface area contributed by atoms with Crippen molar-refractivity contribution in [1.29, 1.82) is 0 Å². The first-order chi connectivity index (χ1) is 59.6. The molecule has 1 aromatic heterocycles. The van der Waals surface area contributed by atoms with Gasteiger partial charge in [-0.25, -0.2) is 60.6 Å². The molecule has 0 saturated carbocycles. The Morgan fingerprint density at radius 1 is 0.455 bits per heavy atom. The maximum Gasteiger partial charge on any atom is 0.474 e. The fourth-order valence-corrected chi connectivity index (χ4v) is 14.7. The van der Waals surface area contributed by atoms with Crippen molar-refractivity contribution in [2.75, 3.05) is 122 Å². The van der Waals surface area contributed by atoms with Gasteiger partial charge in [0.1, 0.15) is 73.3 Å².